The van der Waals surface area contributed by atoms with Crippen LogP contribution in [-0.2, 0) is 0 Å². The fourth-order valence-electron chi connectivity index (χ4n) is 7.50. The summed E-state index contributed by atoms with van der Waals surface area (Å²) < 4.78 is 4.76. The molecule has 0 N–H and O–H groups in total. The number of para-hydroxylation sites is 2. The van der Waals surface area contributed by atoms with E-state index in [4.69, 9.17) is 0 Å². The molecule has 9 aromatic rings. The van der Waals surface area contributed by atoms with Gasteiger partial charge >= 0.3 is 0 Å². The van der Waals surface area contributed by atoms with Gasteiger partial charge in [-0.05, 0) is 87.8 Å². The molecule has 0 amide bonds. The highest BCUT2D eigenvalue weighted by atomic mass is 15.0. The summed E-state index contributed by atoms with van der Waals surface area (Å²) in [7, 11) is 0. The van der Waals surface area contributed by atoms with Crippen molar-refractivity contribution in [3.05, 3.63) is 157 Å². The molecule has 2 heteroatoms. The summed E-state index contributed by atoms with van der Waals surface area (Å²) in [5, 5.41) is 11.5. The molecule has 0 atom stereocenters. The second-order valence-electron chi connectivity index (χ2n) is 11.7. The van der Waals surface area contributed by atoms with Crippen molar-refractivity contribution in [1.82, 2.24) is 9.13 Å². The third-order valence-corrected chi connectivity index (χ3v) is 9.39. The molecule has 9 rings (SSSR count). The minimum atomic E-state index is 1.14. The molecule has 2 nitrogen and oxygen atoms in total. The van der Waals surface area contributed by atoms with Crippen molar-refractivity contribution in [2.75, 3.05) is 0 Å². The quantitative estimate of drug-likeness (QED) is 0.185. The topological polar surface area (TPSA) is 9.86 Å². The maximum atomic E-state index is 4.25. The third-order valence-electron chi connectivity index (χ3n) is 9.39. The Morgan fingerprint density at radius 3 is 1.98 bits per heavy atom. The average molecular weight is 575 g/mol. The van der Waals surface area contributed by atoms with Gasteiger partial charge in [0.15, 0.2) is 0 Å². The summed E-state index contributed by atoms with van der Waals surface area (Å²) >= 11 is 0. The number of benzene rings is 7. The van der Waals surface area contributed by atoms with Crippen molar-refractivity contribution in [3.63, 3.8) is 0 Å². The second-order valence-corrected chi connectivity index (χ2v) is 11.7. The lowest BCUT2D eigenvalue weighted by Gasteiger charge is -2.12. The summed E-state index contributed by atoms with van der Waals surface area (Å²) in [4.78, 5) is 0. The monoisotopic (exact) mass is 574 g/mol. The van der Waals surface area contributed by atoms with E-state index >= 15 is 0 Å². The number of aromatic nitrogens is 2. The first kappa shape index (κ1) is 25.6. The van der Waals surface area contributed by atoms with Gasteiger partial charge in [-0.15, -0.1) is 0 Å². The lowest BCUT2D eigenvalue weighted by Crippen LogP contribution is -1.97. The molecule has 7 aromatic carbocycles. The maximum absolute atomic E-state index is 4.25. The van der Waals surface area contributed by atoms with Crippen LogP contribution >= 0.6 is 0 Å². The van der Waals surface area contributed by atoms with Gasteiger partial charge in [-0.2, -0.15) is 0 Å². The molecular weight excluding hydrogens is 544 g/mol. The number of hydrogen-bond donors (Lipinski definition) is 0. The predicted molar refractivity (Wildman–Crippen MR) is 195 cm³/mol. The maximum Gasteiger partial charge on any atom is 0.0547 e. The molecule has 0 saturated heterocycles. The fraction of sp³-hybridized carbons (Fsp3) is 0.0233. The highest BCUT2D eigenvalue weighted by Crippen LogP contribution is 2.41. The van der Waals surface area contributed by atoms with Crippen LogP contribution in [0.5, 0.6) is 0 Å². The highest BCUT2D eigenvalue weighted by Gasteiger charge is 2.19. The van der Waals surface area contributed by atoms with E-state index in [2.05, 4.69) is 168 Å². The molecule has 2 aromatic heterocycles. The molecule has 2 heterocycles. The summed E-state index contributed by atoms with van der Waals surface area (Å²) in [6.45, 7) is 6.32. The predicted octanol–water partition coefficient (Wildman–Crippen LogP) is 11.9. The molecule has 212 valence electrons. The molecule has 0 fully saturated rings. The van der Waals surface area contributed by atoms with Crippen molar-refractivity contribution in [1.29, 1.82) is 0 Å². The fourth-order valence-corrected chi connectivity index (χ4v) is 7.50. The Balaban J connectivity index is 1.35. The SMILES string of the molecule is C=Cc1c(/C=C\C)n(-c2ccccc2)c2ccc(-n3c4ccccc4c4c5ccc6c7ccccc7ccc6c5ccc43)cc12. The van der Waals surface area contributed by atoms with Crippen LogP contribution < -0.4 is 0 Å². The van der Waals surface area contributed by atoms with Crippen LogP contribution in [0.15, 0.2) is 146 Å². The molecule has 0 aliphatic rings. The van der Waals surface area contributed by atoms with Gasteiger partial charge in [0.25, 0.3) is 0 Å². The smallest absolute Gasteiger partial charge is 0.0547 e. The van der Waals surface area contributed by atoms with Crippen molar-refractivity contribution >= 4 is 77.2 Å². The first-order valence-electron chi connectivity index (χ1n) is 15.5. The molecule has 45 heavy (non-hydrogen) atoms. The van der Waals surface area contributed by atoms with E-state index in [0.29, 0.717) is 0 Å². The lowest BCUT2D eigenvalue weighted by atomic mass is 9.95. The third kappa shape index (κ3) is 3.63. The number of allylic oxidation sites excluding steroid dienone is 1. The van der Waals surface area contributed by atoms with Gasteiger partial charge < -0.3 is 9.13 Å². The van der Waals surface area contributed by atoms with Crippen LogP contribution in [0.25, 0.3) is 88.6 Å². The number of rotatable bonds is 4. The Morgan fingerprint density at radius 2 is 1.13 bits per heavy atom. The Morgan fingerprint density at radius 1 is 0.489 bits per heavy atom. The van der Waals surface area contributed by atoms with E-state index in [-0.39, 0.29) is 0 Å². The molecule has 0 bridgehead atoms. The number of fused-ring (bicyclic) bond motifs is 10. The van der Waals surface area contributed by atoms with Crippen LogP contribution in [0.1, 0.15) is 18.2 Å². The summed E-state index contributed by atoms with van der Waals surface area (Å²) in [6, 6.07) is 48.7. The van der Waals surface area contributed by atoms with Gasteiger partial charge in [-0.3, -0.25) is 0 Å². The van der Waals surface area contributed by atoms with Crippen molar-refractivity contribution < 1.29 is 0 Å². The van der Waals surface area contributed by atoms with Crippen molar-refractivity contribution in [3.8, 4) is 11.4 Å². The first-order valence-corrected chi connectivity index (χ1v) is 15.5. The first-order chi connectivity index (χ1) is 22.3. The van der Waals surface area contributed by atoms with Gasteiger partial charge in [-0.25, -0.2) is 0 Å². The average Bonchev–Trinajstić information content (AvgIpc) is 3.60. The molecule has 0 spiro atoms. The van der Waals surface area contributed by atoms with Crippen LogP contribution in [0.3, 0.4) is 0 Å². The molecule has 0 unspecified atom stereocenters. The minimum Gasteiger partial charge on any atom is -0.309 e. The van der Waals surface area contributed by atoms with Crippen molar-refractivity contribution in [2.45, 2.75) is 6.92 Å². The van der Waals surface area contributed by atoms with E-state index in [9.17, 15) is 0 Å². The zero-order valence-corrected chi connectivity index (χ0v) is 25.0. The summed E-state index contributed by atoms with van der Waals surface area (Å²) in [6.07, 6.45) is 6.28. The van der Waals surface area contributed by atoms with E-state index < -0.39 is 0 Å². The van der Waals surface area contributed by atoms with Gasteiger partial charge in [0, 0.05) is 33.1 Å². The minimum absolute atomic E-state index is 1.14. The Kier molecular flexibility index (Phi) is 5.60. The highest BCUT2D eigenvalue weighted by molar-refractivity contribution is 6.27. The van der Waals surface area contributed by atoms with Crippen LogP contribution in [0.4, 0.5) is 0 Å². The Hall–Kier alpha value is -5.86. The van der Waals surface area contributed by atoms with Gasteiger partial charge in [0.2, 0.25) is 0 Å². The Bertz CT molecular complexity index is 2660. The van der Waals surface area contributed by atoms with Crippen LogP contribution in [0, 0.1) is 0 Å². The zero-order chi connectivity index (χ0) is 30.1. The molecule has 0 saturated carbocycles. The van der Waals surface area contributed by atoms with Gasteiger partial charge in [0.1, 0.15) is 0 Å². The standard InChI is InChI=1S/C43H30N2/c1-3-12-39-31(4-2)38-27-30(20-25-41(38)44(39)29-14-6-5-7-15-29)45-40-18-11-10-17-37(40)43-36-23-22-33-32-16-9-8-13-28(32)19-21-34(33)35(36)24-26-42(43)45/h3-27H,2H2,1H3/b12-3-. The van der Waals surface area contributed by atoms with E-state index in [0.717, 1.165) is 28.1 Å². The van der Waals surface area contributed by atoms with Gasteiger partial charge in [0.05, 0.1) is 22.2 Å². The summed E-state index contributed by atoms with van der Waals surface area (Å²) in [5.41, 5.74) is 8.13. The summed E-state index contributed by atoms with van der Waals surface area (Å²) in [5.74, 6) is 0. The zero-order valence-electron chi connectivity index (χ0n) is 25.0. The van der Waals surface area contributed by atoms with Crippen LogP contribution in [-0.4, -0.2) is 9.13 Å². The second kappa shape index (κ2) is 9.83. The lowest BCUT2D eigenvalue weighted by molar-refractivity contribution is 1.10. The molecule has 0 aliphatic carbocycles. The largest absolute Gasteiger partial charge is 0.309 e. The number of nitrogens with zero attached hydrogens (tertiary/aromatic N) is 2. The van der Waals surface area contributed by atoms with Gasteiger partial charge in [-0.1, -0.05) is 110 Å². The Labute approximate surface area is 261 Å². The van der Waals surface area contributed by atoms with Crippen LogP contribution in [0.2, 0.25) is 0 Å². The molecular formula is C43H30N2. The van der Waals surface area contributed by atoms with E-state index in [1.807, 2.05) is 6.08 Å². The molecule has 0 aliphatic heterocycles. The number of hydrogen-bond acceptors (Lipinski definition) is 0. The van der Waals surface area contributed by atoms with E-state index in [1.165, 1.54) is 59.5 Å². The molecule has 0 radical (unpaired) electrons. The van der Waals surface area contributed by atoms with Crippen molar-refractivity contribution in [2.24, 2.45) is 0 Å². The van der Waals surface area contributed by atoms with E-state index in [1.54, 1.807) is 0 Å². The normalized spacial score (nSPS) is 12.1.